The van der Waals surface area contributed by atoms with Gasteiger partial charge in [0, 0.05) is 5.88 Å². The van der Waals surface area contributed by atoms with E-state index in [9.17, 15) is 18.3 Å². The van der Waals surface area contributed by atoms with Crippen LogP contribution in [0.4, 0.5) is 13.2 Å². The first-order valence-electron chi connectivity index (χ1n) is 6.39. The van der Waals surface area contributed by atoms with Crippen molar-refractivity contribution < 1.29 is 18.3 Å². The molecule has 0 aliphatic rings. The zero-order chi connectivity index (χ0) is 15.5. The molecule has 0 bridgehead atoms. The predicted molar refractivity (Wildman–Crippen MR) is 76.2 cm³/mol. The minimum absolute atomic E-state index is 0.125. The third kappa shape index (κ3) is 3.39. The van der Waals surface area contributed by atoms with E-state index in [2.05, 4.69) is 0 Å². The summed E-state index contributed by atoms with van der Waals surface area (Å²) in [4.78, 5) is 0. The lowest BCUT2D eigenvalue weighted by molar-refractivity contribution is -0.137. The highest BCUT2D eigenvalue weighted by molar-refractivity contribution is 6.17. The minimum Gasteiger partial charge on any atom is -0.380 e. The molecule has 0 aromatic heterocycles. The Morgan fingerprint density at radius 2 is 1.43 bits per heavy atom. The molecule has 0 aliphatic heterocycles. The highest BCUT2D eigenvalue weighted by Crippen LogP contribution is 2.37. The van der Waals surface area contributed by atoms with Crippen LogP contribution in [0.2, 0.25) is 0 Å². The van der Waals surface area contributed by atoms with Crippen LogP contribution in [0, 0.1) is 0 Å². The average molecular weight is 315 g/mol. The Morgan fingerprint density at radius 1 is 0.857 bits per heavy atom. The van der Waals surface area contributed by atoms with Crippen molar-refractivity contribution in [3.05, 3.63) is 71.3 Å². The van der Waals surface area contributed by atoms with Gasteiger partial charge in [-0.3, -0.25) is 0 Å². The van der Waals surface area contributed by atoms with Gasteiger partial charge in [0.15, 0.2) is 0 Å². The summed E-state index contributed by atoms with van der Waals surface area (Å²) in [6, 6.07) is 13.3. The third-order valence-corrected chi connectivity index (χ3v) is 3.56. The van der Waals surface area contributed by atoms with Gasteiger partial charge in [0.2, 0.25) is 0 Å². The first-order chi connectivity index (χ1) is 9.88. The molecule has 0 spiro atoms. The lowest BCUT2D eigenvalue weighted by atomic mass is 9.83. The lowest BCUT2D eigenvalue weighted by Gasteiger charge is -2.29. The zero-order valence-electron chi connectivity index (χ0n) is 11.1. The summed E-state index contributed by atoms with van der Waals surface area (Å²) >= 11 is 5.73. The monoisotopic (exact) mass is 314 g/mol. The Morgan fingerprint density at radius 3 is 2.00 bits per heavy atom. The van der Waals surface area contributed by atoms with Crippen LogP contribution in [-0.2, 0) is 11.8 Å². The van der Waals surface area contributed by atoms with Crippen LogP contribution in [0.3, 0.4) is 0 Å². The summed E-state index contributed by atoms with van der Waals surface area (Å²) in [5.74, 6) is 0.127. The first kappa shape index (κ1) is 15.9. The normalized spacial score (nSPS) is 14.7. The van der Waals surface area contributed by atoms with Gasteiger partial charge in [-0.1, -0.05) is 42.5 Å². The molecule has 2 aromatic rings. The molecule has 0 saturated heterocycles. The lowest BCUT2D eigenvalue weighted by Crippen LogP contribution is -2.28. The molecular weight excluding hydrogens is 301 g/mol. The van der Waals surface area contributed by atoms with Gasteiger partial charge in [-0.05, 0) is 29.7 Å². The van der Waals surface area contributed by atoms with Crippen molar-refractivity contribution in [1.29, 1.82) is 0 Å². The molecule has 0 radical (unpaired) electrons. The van der Waals surface area contributed by atoms with Crippen molar-refractivity contribution >= 4 is 11.6 Å². The number of hydrogen-bond acceptors (Lipinski definition) is 1. The fraction of sp³-hybridized carbons (Fsp3) is 0.250. The maximum absolute atomic E-state index is 12.8. The number of halogens is 4. The van der Waals surface area contributed by atoms with E-state index in [1.54, 1.807) is 30.3 Å². The Kier molecular flexibility index (Phi) is 4.59. The molecule has 0 fully saturated rings. The number of rotatable bonds is 4. The fourth-order valence-corrected chi connectivity index (χ4v) is 2.53. The molecular formula is C16H14ClF3O. The van der Waals surface area contributed by atoms with Crippen molar-refractivity contribution in [3.63, 3.8) is 0 Å². The molecule has 1 unspecified atom stereocenters. The van der Waals surface area contributed by atoms with E-state index in [0.29, 0.717) is 5.56 Å². The van der Waals surface area contributed by atoms with Crippen molar-refractivity contribution in [2.45, 2.75) is 18.2 Å². The maximum atomic E-state index is 12.8. The van der Waals surface area contributed by atoms with Crippen LogP contribution in [0.15, 0.2) is 54.6 Å². The highest BCUT2D eigenvalue weighted by atomic mass is 35.5. The van der Waals surface area contributed by atoms with Crippen LogP contribution in [0.5, 0.6) is 0 Å². The summed E-state index contributed by atoms with van der Waals surface area (Å²) in [6.45, 7) is 0. The summed E-state index contributed by atoms with van der Waals surface area (Å²) < 4.78 is 38.5. The number of benzene rings is 2. The summed E-state index contributed by atoms with van der Waals surface area (Å²) in [5, 5.41) is 10.9. The molecule has 21 heavy (non-hydrogen) atoms. The van der Waals surface area contributed by atoms with Gasteiger partial charge in [-0.25, -0.2) is 0 Å². The molecule has 0 saturated carbocycles. The summed E-state index contributed by atoms with van der Waals surface area (Å²) in [5.41, 5.74) is -1.62. The van der Waals surface area contributed by atoms with Gasteiger partial charge in [0.1, 0.15) is 5.60 Å². The van der Waals surface area contributed by atoms with Crippen LogP contribution in [0.25, 0.3) is 0 Å². The van der Waals surface area contributed by atoms with Gasteiger partial charge in [-0.15, -0.1) is 11.6 Å². The van der Waals surface area contributed by atoms with E-state index in [4.69, 9.17) is 11.6 Å². The molecule has 1 atom stereocenters. The Bertz CT molecular complexity index is 598. The smallest absolute Gasteiger partial charge is 0.380 e. The standard InChI is InChI=1S/C16H14ClF3O/c17-10-9-15(21,12-5-2-1-3-6-12)13-7-4-8-14(11-13)16(18,19)20/h1-8,11,21H,9-10H2. The predicted octanol–water partition coefficient (Wildman–Crippen LogP) is 4.57. The van der Waals surface area contributed by atoms with E-state index in [1.165, 1.54) is 12.1 Å². The minimum atomic E-state index is -4.45. The molecule has 112 valence electrons. The van der Waals surface area contributed by atoms with E-state index < -0.39 is 17.3 Å². The largest absolute Gasteiger partial charge is 0.416 e. The summed E-state index contributed by atoms with van der Waals surface area (Å²) in [6.07, 6.45) is -4.32. The SMILES string of the molecule is OC(CCCl)(c1ccccc1)c1cccc(C(F)(F)F)c1. The zero-order valence-corrected chi connectivity index (χ0v) is 11.8. The van der Waals surface area contributed by atoms with Crippen LogP contribution in [0.1, 0.15) is 23.1 Å². The number of hydrogen-bond donors (Lipinski definition) is 1. The van der Waals surface area contributed by atoms with Crippen molar-refractivity contribution in [2.24, 2.45) is 0 Å². The van der Waals surface area contributed by atoms with Gasteiger partial charge < -0.3 is 5.11 Å². The van der Waals surface area contributed by atoms with E-state index in [0.717, 1.165) is 12.1 Å². The van der Waals surface area contributed by atoms with Crippen LogP contribution >= 0.6 is 11.6 Å². The fourth-order valence-electron chi connectivity index (χ4n) is 2.26. The van der Waals surface area contributed by atoms with Crippen LogP contribution < -0.4 is 0 Å². The van der Waals surface area contributed by atoms with Crippen molar-refractivity contribution in [2.75, 3.05) is 5.88 Å². The Labute approximate surface area is 126 Å². The molecule has 5 heteroatoms. The molecule has 1 N–H and O–H groups in total. The average Bonchev–Trinajstić information content (AvgIpc) is 2.47. The summed E-state index contributed by atoms with van der Waals surface area (Å²) in [7, 11) is 0. The van der Waals surface area contributed by atoms with Gasteiger partial charge in [0.25, 0.3) is 0 Å². The first-order valence-corrected chi connectivity index (χ1v) is 6.93. The molecule has 1 nitrogen and oxygen atoms in total. The number of alkyl halides is 4. The van der Waals surface area contributed by atoms with E-state index >= 15 is 0 Å². The second kappa shape index (κ2) is 6.08. The van der Waals surface area contributed by atoms with Gasteiger partial charge >= 0.3 is 6.18 Å². The van der Waals surface area contributed by atoms with Crippen molar-refractivity contribution in [1.82, 2.24) is 0 Å². The van der Waals surface area contributed by atoms with Crippen LogP contribution in [-0.4, -0.2) is 11.0 Å². The second-order valence-corrected chi connectivity index (χ2v) is 5.12. The van der Waals surface area contributed by atoms with Crippen molar-refractivity contribution in [3.8, 4) is 0 Å². The Hall–Kier alpha value is -1.52. The molecule has 0 amide bonds. The topological polar surface area (TPSA) is 20.2 Å². The highest BCUT2D eigenvalue weighted by Gasteiger charge is 2.35. The molecule has 0 aliphatic carbocycles. The molecule has 0 heterocycles. The van der Waals surface area contributed by atoms with E-state index in [1.807, 2.05) is 0 Å². The van der Waals surface area contributed by atoms with Gasteiger partial charge in [-0.2, -0.15) is 13.2 Å². The molecule has 2 rings (SSSR count). The van der Waals surface area contributed by atoms with Gasteiger partial charge in [0.05, 0.1) is 5.56 Å². The van der Waals surface area contributed by atoms with E-state index in [-0.39, 0.29) is 17.9 Å². The Balaban J connectivity index is 2.53. The number of aliphatic hydroxyl groups is 1. The second-order valence-electron chi connectivity index (χ2n) is 4.74. The molecule has 2 aromatic carbocycles. The quantitative estimate of drug-likeness (QED) is 0.820. The third-order valence-electron chi connectivity index (χ3n) is 3.38. The maximum Gasteiger partial charge on any atom is 0.416 e.